The summed E-state index contributed by atoms with van der Waals surface area (Å²) in [7, 11) is 0. The fraction of sp³-hybridized carbons (Fsp3) is 0.222. The summed E-state index contributed by atoms with van der Waals surface area (Å²) >= 11 is 5.91. The lowest BCUT2D eigenvalue weighted by atomic mass is 9.97. The molecule has 6 heteroatoms. The van der Waals surface area contributed by atoms with Gasteiger partial charge in [-0.1, -0.05) is 35.9 Å². The first-order valence-electron chi connectivity index (χ1n) is 7.64. The molecule has 2 N–H and O–H groups in total. The molecule has 0 saturated carbocycles. The number of nitrogens with one attached hydrogen (secondary N) is 1. The number of aromatic amines is 1. The van der Waals surface area contributed by atoms with Crippen LogP contribution in [0.4, 0.5) is 0 Å². The number of aliphatic carboxylic acids is 1. The van der Waals surface area contributed by atoms with Gasteiger partial charge < -0.3 is 9.84 Å². The molecule has 0 fully saturated rings. The van der Waals surface area contributed by atoms with Crippen LogP contribution in [0, 0.1) is 5.92 Å². The van der Waals surface area contributed by atoms with Crippen molar-refractivity contribution in [3.05, 3.63) is 70.8 Å². The van der Waals surface area contributed by atoms with Crippen molar-refractivity contribution in [3.63, 3.8) is 0 Å². The molecule has 2 aliphatic rings. The van der Waals surface area contributed by atoms with Gasteiger partial charge >= 0.3 is 5.97 Å². The van der Waals surface area contributed by atoms with Crippen LogP contribution in [0.15, 0.2) is 65.1 Å². The first-order chi connectivity index (χ1) is 11.6. The molecule has 3 rings (SSSR count). The molecule has 1 aromatic heterocycles. The van der Waals surface area contributed by atoms with Crippen molar-refractivity contribution in [1.29, 1.82) is 0 Å². The van der Waals surface area contributed by atoms with E-state index in [1.165, 1.54) is 0 Å². The predicted molar refractivity (Wildman–Crippen MR) is 92.1 cm³/mol. The van der Waals surface area contributed by atoms with E-state index in [4.69, 9.17) is 21.4 Å². The van der Waals surface area contributed by atoms with Gasteiger partial charge in [-0.05, 0) is 36.6 Å². The predicted octanol–water partition coefficient (Wildman–Crippen LogP) is 3.81. The first-order valence-corrected chi connectivity index (χ1v) is 8.02. The summed E-state index contributed by atoms with van der Waals surface area (Å²) in [6.07, 6.45) is 14.4. The van der Waals surface area contributed by atoms with Gasteiger partial charge in [0.1, 0.15) is 5.76 Å². The number of allylic oxidation sites excluding steroid dienone is 6. The molecule has 1 aromatic rings. The van der Waals surface area contributed by atoms with Crippen molar-refractivity contribution in [1.82, 2.24) is 10.2 Å². The summed E-state index contributed by atoms with van der Waals surface area (Å²) < 4.78 is 5.83. The van der Waals surface area contributed by atoms with Gasteiger partial charge in [0.25, 0.3) is 0 Å². The molecule has 1 atom stereocenters. The maximum absolute atomic E-state index is 11.1. The fourth-order valence-electron chi connectivity index (χ4n) is 2.58. The molecule has 0 amide bonds. The number of nitrogens with zero attached hydrogens (tertiary/aromatic N) is 1. The maximum atomic E-state index is 11.1. The topological polar surface area (TPSA) is 75.2 Å². The molecule has 1 heterocycles. The number of ether oxygens (including phenoxy) is 1. The Morgan fingerprint density at radius 2 is 2.33 bits per heavy atom. The van der Waals surface area contributed by atoms with E-state index in [-0.39, 0.29) is 11.5 Å². The van der Waals surface area contributed by atoms with Crippen molar-refractivity contribution in [2.24, 2.45) is 5.92 Å². The SMILES string of the molecule is O=C(O)C1=CC(COC2=CC=C(c3ccn[nH]3)CC=C2)CC=C1Cl. The average molecular weight is 345 g/mol. The summed E-state index contributed by atoms with van der Waals surface area (Å²) in [5, 5.41) is 16.3. The first kappa shape index (κ1) is 16.3. The maximum Gasteiger partial charge on any atom is 0.336 e. The number of carboxylic acid groups (broad SMARTS) is 1. The van der Waals surface area contributed by atoms with Crippen LogP contribution in [0.2, 0.25) is 0 Å². The zero-order chi connectivity index (χ0) is 16.9. The zero-order valence-corrected chi connectivity index (χ0v) is 13.7. The van der Waals surface area contributed by atoms with Crippen LogP contribution in [-0.4, -0.2) is 27.9 Å². The number of halogens is 1. The van der Waals surface area contributed by atoms with Crippen molar-refractivity contribution in [3.8, 4) is 0 Å². The van der Waals surface area contributed by atoms with Crippen LogP contribution in [0.1, 0.15) is 18.5 Å². The van der Waals surface area contributed by atoms with Crippen LogP contribution >= 0.6 is 11.6 Å². The van der Waals surface area contributed by atoms with Gasteiger partial charge in [-0.2, -0.15) is 5.10 Å². The number of carboxylic acids is 1. The van der Waals surface area contributed by atoms with Gasteiger partial charge in [0.05, 0.1) is 22.9 Å². The number of hydrogen-bond donors (Lipinski definition) is 2. The standard InChI is InChI=1S/C18H17ClN2O3/c19-16-7-4-12(10-15(16)18(22)23)11-24-14-3-1-2-13(5-6-14)17-8-9-20-21-17/h1,3,5-10,12H,2,4,11H2,(H,20,21)(H,22,23). The molecule has 5 nitrogen and oxygen atoms in total. The van der Waals surface area contributed by atoms with Gasteiger partial charge in [-0.3, -0.25) is 5.10 Å². The highest BCUT2D eigenvalue weighted by atomic mass is 35.5. The van der Waals surface area contributed by atoms with Crippen molar-refractivity contribution >= 4 is 23.1 Å². The minimum Gasteiger partial charge on any atom is -0.493 e. The minimum absolute atomic E-state index is 0.00721. The van der Waals surface area contributed by atoms with E-state index in [1.54, 1.807) is 18.3 Å². The van der Waals surface area contributed by atoms with E-state index >= 15 is 0 Å². The summed E-state index contributed by atoms with van der Waals surface area (Å²) in [6, 6.07) is 1.93. The monoisotopic (exact) mass is 344 g/mol. The molecule has 0 radical (unpaired) electrons. The zero-order valence-electron chi connectivity index (χ0n) is 12.9. The number of aromatic nitrogens is 2. The average Bonchev–Trinajstić information content (AvgIpc) is 3.00. The van der Waals surface area contributed by atoms with Gasteiger partial charge in [-0.15, -0.1) is 0 Å². The van der Waals surface area contributed by atoms with E-state index in [0.29, 0.717) is 18.1 Å². The highest BCUT2D eigenvalue weighted by Crippen LogP contribution is 2.27. The highest BCUT2D eigenvalue weighted by Gasteiger charge is 2.20. The molecule has 0 aromatic carbocycles. The number of H-pyrrole nitrogens is 1. The van der Waals surface area contributed by atoms with Crippen molar-refractivity contribution in [2.75, 3.05) is 6.61 Å². The third-order valence-corrected chi connectivity index (χ3v) is 4.23. The van der Waals surface area contributed by atoms with Crippen molar-refractivity contribution in [2.45, 2.75) is 12.8 Å². The van der Waals surface area contributed by atoms with Gasteiger partial charge in [0, 0.05) is 12.1 Å². The van der Waals surface area contributed by atoms with Gasteiger partial charge in [0.15, 0.2) is 0 Å². The lowest BCUT2D eigenvalue weighted by Gasteiger charge is -2.18. The second kappa shape index (κ2) is 7.36. The summed E-state index contributed by atoms with van der Waals surface area (Å²) in [4.78, 5) is 11.1. The van der Waals surface area contributed by atoms with E-state index in [1.807, 2.05) is 30.4 Å². The molecule has 124 valence electrons. The smallest absolute Gasteiger partial charge is 0.336 e. The Morgan fingerprint density at radius 3 is 3.08 bits per heavy atom. The molecule has 24 heavy (non-hydrogen) atoms. The highest BCUT2D eigenvalue weighted by molar-refractivity contribution is 6.35. The van der Waals surface area contributed by atoms with E-state index < -0.39 is 5.97 Å². The number of rotatable bonds is 5. The summed E-state index contributed by atoms with van der Waals surface area (Å²) in [5.74, 6) is -0.274. The summed E-state index contributed by atoms with van der Waals surface area (Å²) in [5.41, 5.74) is 2.25. The Morgan fingerprint density at radius 1 is 1.46 bits per heavy atom. The van der Waals surface area contributed by atoms with Crippen LogP contribution in [-0.2, 0) is 9.53 Å². The van der Waals surface area contributed by atoms with Gasteiger partial charge in [-0.25, -0.2) is 4.79 Å². The molecule has 0 aliphatic heterocycles. The second-order valence-electron chi connectivity index (χ2n) is 5.58. The molecule has 0 saturated heterocycles. The van der Waals surface area contributed by atoms with Crippen LogP contribution < -0.4 is 0 Å². The Balaban J connectivity index is 1.64. The Kier molecular flexibility index (Phi) is 5.01. The summed E-state index contributed by atoms with van der Waals surface area (Å²) in [6.45, 7) is 0.404. The molecule has 1 unspecified atom stereocenters. The van der Waals surface area contributed by atoms with Crippen LogP contribution in [0.3, 0.4) is 0 Å². The van der Waals surface area contributed by atoms with E-state index in [2.05, 4.69) is 10.2 Å². The molecule has 0 spiro atoms. The van der Waals surface area contributed by atoms with Crippen LogP contribution in [0.5, 0.6) is 0 Å². The largest absolute Gasteiger partial charge is 0.493 e. The third kappa shape index (κ3) is 3.86. The minimum atomic E-state index is -1.01. The number of hydrogen-bond acceptors (Lipinski definition) is 3. The normalized spacial score (nSPS) is 20.5. The lowest BCUT2D eigenvalue weighted by Crippen LogP contribution is -2.13. The van der Waals surface area contributed by atoms with E-state index in [9.17, 15) is 4.79 Å². The lowest BCUT2D eigenvalue weighted by molar-refractivity contribution is -0.132. The molecule has 0 bridgehead atoms. The van der Waals surface area contributed by atoms with Gasteiger partial charge in [0.2, 0.25) is 0 Å². The fourth-order valence-corrected chi connectivity index (χ4v) is 2.81. The quantitative estimate of drug-likeness (QED) is 0.851. The molecule has 2 aliphatic carbocycles. The van der Waals surface area contributed by atoms with Crippen LogP contribution in [0.25, 0.3) is 5.57 Å². The third-order valence-electron chi connectivity index (χ3n) is 3.87. The second-order valence-corrected chi connectivity index (χ2v) is 5.99. The molecular formula is C18H17ClN2O3. The van der Waals surface area contributed by atoms with E-state index in [0.717, 1.165) is 23.4 Å². The Labute approximate surface area is 144 Å². The number of carbonyl (C=O) groups is 1. The Bertz CT molecular complexity index is 770. The Hall–Kier alpha value is -2.53. The van der Waals surface area contributed by atoms with Crippen molar-refractivity contribution < 1.29 is 14.6 Å². The molecular weight excluding hydrogens is 328 g/mol.